The van der Waals surface area contributed by atoms with Crippen molar-refractivity contribution in [1.82, 2.24) is 4.90 Å². The molecule has 0 aliphatic carbocycles. The van der Waals surface area contributed by atoms with Crippen molar-refractivity contribution in [2.45, 2.75) is 55.4 Å². The topological polar surface area (TPSA) is 3.24 Å². The molecule has 1 nitrogen and oxygen atoms in total. The fourth-order valence-corrected chi connectivity index (χ4v) is 2.54. The van der Waals surface area contributed by atoms with E-state index in [9.17, 15) is 0 Å². The molecule has 4 heteroatoms. The normalized spacial score (nSPS) is 27.6. The highest BCUT2D eigenvalue weighted by Crippen LogP contribution is 2.36. The maximum atomic E-state index is 5.93. The summed E-state index contributed by atoms with van der Waals surface area (Å²) in [5, 5.41) is 0. The Kier molecular flexibility index (Phi) is 4.83. The van der Waals surface area contributed by atoms with Crippen LogP contribution in [0.15, 0.2) is 0 Å². The summed E-state index contributed by atoms with van der Waals surface area (Å²) < 4.78 is -1.16. The molecule has 0 aromatic heterocycles. The molecule has 1 aliphatic rings. The Morgan fingerprint density at radius 3 is 2.50 bits per heavy atom. The summed E-state index contributed by atoms with van der Waals surface area (Å²) in [4.78, 5) is 2.34. The lowest BCUT2D eigenvalue weighted by Gasteiger charge is -2.42. The SMILES string of the molecule is CCC1CCCCN1C(C)C(Cl)(Cl)Cl. The summed E-state index contributed by atoms with van der Waals surface area (Å²) in [6, 6.07) is 0.604. The molecule has 1 aliphatic heterocycles. The van der Waals surface area contributed by atoms with Gasteiger partial charge in [0.2, 0.25) is 3.79 Å². The highest BCUT2D eigenvalue weighted by molar-refractivity contribution is 6.68. The summed E-state index contributed by atoms with van der Waals surface area (Å²) >= 11 is 17.8. The molecule has 0 aromatic carbocycles. The molecule has 0 N–H and O–H groups in total. The van der Waals surface area contributed by atoms with Crippen molar-refractivity contribution in [3.05, 3.63) is 0 Å². The Hall–Kier alpha value is 0.830. The van der Waals surface area contributed by atoms with Gasteiger partial charge >= 0.3 is 0 Å². The van der Waals surface area contributed by atoms with Gasteiger partial charge in [-0.3, -0.25) is 4.90 Å². The summed E-state index contributed by atoms with van der Waals surface area (Å²) in [6.07, 6.45) is 4.91. The molecule has 84 valence electrons. The van der Waals surface area contributed by atoms with Crippen molar-refractivity contribution in [3.8, 4) is 0 Å². The maximum absolute atomic E-state index is 5.93. The molecule has 0 bridgehead atoms. The van der Waals surface area contributed by atoms with Gasteiger partial charge in [0.25, 0.3) is 0 Å². The first-order valence-corrected chi connectivity index (χ1v) is 6.42. The van der Waals surface area contributed by atoms with Gasteiger partial charge in [0.05, 0.1) is 6.04 Å². The van der Waals surface area contributed by atoms with Gasteiger partial charge in [0.15, 0.2) is 0 Å². The van der Waals surface area contributed by atoms with Crippen LogP contribution in [0.4, 0.5) is 0 Å². The van der Waals surface area contributed by atoms with E-state index < -0.39 is 3.79 Å². The average Bonchev–Trinajstić information content (AvgIpc) is 2.15. The Bertz CT molecular complexity index is 179. The standard InChI is InChI=1S/C10H18Cl3N/c1-3-9-6-4-5-7-14(9)8(2)10(11,12)13/h8-9H,3-7H2,1-2H3. The van der Waals surface area contributed by atoms with Crippen LogP contribution in [0, 0.1) is 0 Å². The van der Waals surface area contributed by atoms with Gasteiger partial charge in [0, 0.05) is 6.04 Å². The lowest BCUT2D eigenvalue weighted by molar-refractivity contribution is 0.102. The molecular formula is C10H18Cl3N. The van der Waals surface area contributed by atoms with E-state index in [1.807, 2.05) is 6.92 Å². The van der Waals surface area contributed by atoms with Crippen LogP contribution in [0.5, 0.6) is 0 Å². The largest absolute Gasteiger partial charge is 0.293 e. The van der Waals surface area contributed by atoms with Crippen molar-refractivity contribution in [2.75, 3.05) is 6.54 Å². The lowest BCUT2D eigenvalue weighted by Crippen LogP contribution is -2.49. The molecule has 0 saturated carbocycles. The first kappa shape index (κ1) is 12.9. The summed E-state index contributed by atoms with van der Waals surface area (Å²) in [6.45, 7) is 5.27. The maximum Gasteiger partial charge on any atom is 0.205 e. The van der Waals surface area contributed by atoms with E-state index in [0.29, 0.717) is 6.04 Å². The molecule has 14 heavy (non-hydrogen) atoms. The zero-order valence-electron chi connectivity index (χ0n) is 8.77. The first-order chi connectivity index (χ1) is 6.46. The second kappa shape index (κ2) is 5.25. The van der Waals surface area contributed by atoms with Gasteiger partial charge in [-0.1, -0.05) is 48.1 Å². The van der Waals surface area contributed by atoms with E-state index >= 15 is 0 Å². The summed E-state index contributed by atoms with van der Waals surface area (Å²) in [7, 11) is 0. The van der Waals surface area contributed by atoms with E-state index in [1.165, 1.54) is 19.3 Å². The first-order valence-electron chi connectivity index (χ1n) is 5.29. The second-order valence-electron chi connectivity index (χ2n) is 4.01. The zero-order valence-corrected chi connectivity index (χ0v) is 11.0. The third-order valence-corrected chi connectivity index (χ3v) is 4.06. The Morgan fingerprint density at radius 2 is 2.00 bits per heavy atom. The molecule has 1 heterocycles. The van der Waals surface area contributed by atoms with Gasteiger partial charge in [-0.05, 0) is 32.7 Å². The fraction of sp³-hybridized carbons (Fsp3) is 1.00. The fourth-order valence-electron chi connectivity index (χ4n) is 2.16. The smallest absolute Gasteiger partial charge is 0.205 e. The van der Waals surface area contributed by atoms with Crippen molar-refractivity contribution >= 4 is 34.8 Å². The molecule has 0 spiro atoms. The van der Waals surface area contributed by atoms with Crippen LogP contribution in [0.25, 0.3) is 0 Å². The summed E-state index contributed by atoms with van der Waals surface area (Å²) in [5.74, 6) is 0. The number of hydrogen-bond acceptors (Lipinski definition) is 1. The van der Waals surface area contributed by atoms with Gasteiger partial charge < -0.3 is 0 Å². The molecule has 2 atom stereocenters. The van der Waals surface area contributed by atoms with Crippen LogP contribution < -0.4 is 0 Å². The third-order valence-electron chi connectivity index (χ3n) is 3.12. The van der Waals surface area contributed by atoms with E-state index in [0.717, 1.165) is 13.0 Å². The Labute approximate surface area is 102 Å². The van der Waals surface area contributed by atoms with Gasteiger partial charge in [-0.25, -0.2) is 0 Å². The van der Waals surface area contributed by atoms with Crippen molar-refractivity contribution in [2.24, 2.45) is 0 Å². The number of alkyl halides is 3. The number of likely N-dealkylation sites (tertiary alicyclic amines) is 1. The predicted molar refractivity (Wildman–Crippen MR) is 64.4 cm³/mol. The molecule has 1 fully saturated rings. The number of rotatable bonds is 2. The zero-order chi connectivity index (χ0) is 10.8. The van der Waals surface area contributed by atoms with Crippen LogP contribution in [-0.4, -0.2) is 27.3 Å². The summed E-state index contributed by atoms with van der Waals surface area (Å²) in [5.41, 5.74) is 0. The van der Waals surface area contributed by atoms with Crippen LogP contribution in [0.1, 0.15) is 39.5 Å². The predicted octanol–water partition coefficient (Wildman–Crippen LogP) is 4.01. The third kappa shape index (κ3) is 3.16. The molecule has 0 radical (unpaired) electrons. The van der Waals surface area contributed by atoms with Crippen LogP contribution in [0.2, 0.25) is 0 Å². The van der Waals surface area contributed by atoms with E-state index in [4.69, 9.17) is 34.8 Å². The second-order valence-corrected chi connectivity index (χ2v) is 6.38. The Morgan fingerprint density at radius 1 is 1.36 bits per heavy atom. The minimum Gasteiger partial charge on any atom is -0.293 e. The number of hydrogen-bond donors (Lipinski definition) is 0. The van der Waals surface area contributed by atoms with E-state index in [-0.39, 0.29) is 6.04 Å². The van der Waals surface area contributed by atoms with E-state index in [2.05, 4.69) is 11.8 Å². The van der Waals surface area contributed by atoms with Gasteiger partial charge in [-0.15, -0.1) is 0 Å². The molecule has 0 amide bonds. The van der Waals surface area contributed by atoms with Crippen molar-refractivity contribution in [1.29, 1.82) is 0 Å². The number of halogens is 3. The lowest BCUT2D eigenvalue weighted by atomic mass is 9.98. The molecule has 0 aromatic rings. The Balaban J connectivity index is 2.63. The molecular weight excluding hydrogens is 240 g/mol. The molecule has 1 saturated heterocycles. The van der Waals surface area contributed by atoms with Crippen LogP contribution >= 0.6 is 34.8 Å². The minimum atomic E-state index is -1.16. The highest BCUT2D eigenvalue weighted by atomic mass is 35.6. The highest BCUT2D eigenvalue weighted by Gasteiger charge is 2.37. The average molecular weight is 259 g/mol. The molecule has 2 unspecified atom stereocenters. The minimum absolute atomic E-state index is 0.0118. The van der Waals surface area contributed by atoms with Crippen LogP contribution in [0.3, 0.4) is 0 Å². The molecule has 1 rings (SSSR count). The monoisotopic (exact) mass is 257 g/mol. The van der Waals surface area contributed by atoms with Gasteiger partial charge in [0.1, 0.15) is 0 Å². The van der Waals surface area contributed by atoms with Crippen LogP contribution in [-0.2, 0) is 0 Å². The van der Waals surface area contributed by atoms with Gasteiger partial charge in [-0.2, -0.15) is 0 Å². The number of piperidine rings is 1. The number of nitrogens with zero attached hydrogens (tertiary/aromatic N) is 1. The quantitative estimate of drug-likeness (QED) is 0.677. The van der Waals surface area contributed by atoms with Crippen molar-refractivity contribution in [3.63, 3.8) is 0 Å². The van der Waals surface area contributed by atoms with E-state index in [1.54, 1.807) is 0 Å². The van der Waals surface area contributed by atoms with Crippen molar-refractivity contribution < 1.29 is 0 Å².